The van der Waals surface area contributed by atoms with Crippen molar-refractivity contribution >= 4 is 23.6 Å². The van der Waals surface area contributed by atoms with E-state index in [4.69, 9.17) is 19.2 Å². The van der Waals surface area contributed by atoms with Gasteiger partial charge in [-0.25, -0.2) is 14.6 Å². The van der Waals surface area contributed by atoms with Gasteiger partial charge in [0.05, 0.1) is 17.8 Å². The van der Waals surface area contributed by atoms with Gasteiger partial charge in [-0.15, -0.1) is 0 Å². The molecule has 0 radical (unpaired) electrons. The van der Waals surface area contributed by atoms with Crippen molar-refractivity contribution in [3.05, 3.63) is 94.7 Å². The van der Waals surface area contributed by atoms with Gasteiger partial charge >= 0.3 is 0 Å². The highest BCUT2D eigenvalue weighted by Gasteiger charge is 2.31. The predicted molar refractivity (Wildman–Crippen MR) is 199 cm³/mol. The van der Waals surface area contributed by atoms with Crippen molar-refractivity contribution in [3.8, 4) is 5.75 Å². The Labute approximate surface area is 315 Å². The van der Waals surface area contributed by atoms with Crippen LogP contribution < -0.4 is 26.0 Å². The standard InChI is InChI=1S/C40H50N8O6/c1-23(2)17-30-22-53-31-15-13-28(14-16-31)19-33(45-40(52)36-24(3)41-26(5)54-36)39(51)42-25(4)38(50)44-32(18-27-9-7-6-8-10-27)37-46-34(20-29-11-12-29)47-48(37)21-35(49)43-30/h6-10,13-16,23,25,29-30,32-33H,11-12,17-22H2,1-5H3,(H,42,51)(H,43,49)(H,44,50)(H,45,52)/t25-,30+,32-,33+/m1/s1. The molecule has 0 unspecified atom stereocenters. The summed E-state index contributed by atoms with van der Waals surface area (Å²) in [6, 6.07) is 13.8. The van der Waals surface area contributed by atoms with Gasteiger partial charge in [-0.05, 0) is 74.6 Å². The molecule has 1 aliphatic carbocycles. The maximum Gasteiger partial charge on any atom is 0.289 e. The van der Waals surface area contributed by atoms with E-state index in [-0.39, 0.29) is 43.2 Å². The maximum atomic E-state index is 14.0. The zero-order valence-corrected chi connectivity index (χ0v) is 31.6. The molecule has 286 valence electrons. The van der Waals surface area contributed by atoms with Crippen LogP contribution in [-0.2, 0) is 40.2 Å². The fraction of sp³-hybridized carbons (Fsp3) is 0.475. The van der Waals surface area contributed by atoms with Gasteiger partial charge in [0.1, 0.15) is 31.0 Å². The van der Waals surface area contributed by atoms with Crippen LogP contribution in [0.5, 0.6) is 5.75 Å². The Hall–Kier alpha value is -5.53. The number of benzene rings is 2. The molecule has 1 saturated carbocycles. The summed E-state index contributed by atoms with van der Waals surface area (Å²) in [5.74, 6) is 0.917. The summed E-state index contributed by atoms with van der Waals surface area (Å²) in [7, 11) is 0. The molecular formula is C40H50N8O6. The monoisotopic (exact) mass is 738 g/mol. The van der Waals surface area contributed by atoms with E-state index in [1.165, 1.54) is 0 Å². The highest BCUT2D eigenvalue weighted by molar-refractivity contribution is 5.97. The zero-order valence-electron chi connectivity index (χ0n) is 31.6. The number of nitrogens with one attached hydrogen (secondary N) is 4. The number of carbonyl (C=O) groups excluding carboxylic acids is 4. The van der Waals surface area contributed by atoms with E-state index in [0.717, 1.165) is 24.0 Å². The van der Waals surface area contributed by atoms with E-state index in [9.17, 15) is 19.2 Å². The fourth-order valence-electron chi connectivity index (χ4n) is 6.65. The highest BCUT2D eigenvalue weighted by Crippen LogP contribution is 2.32. The third kappa shape index (κ3) is 10.3. The quantitative estimate of drug-likeness (QED) is 0.210. The van der Waals surface area contributed by atoms with Crippen LogP contribution in [0.15, 0.2) is 59.0 Å². The number of amides is 4. The number of ether oxygens (including phenoxy) is 1. The lowest BCUT2D eigenvalue weighted by atomic mass is 10.0. The highest BCUT2D eigenvalue weighted by atomic mass is 16.5. The van der Waals surface area contributed by atoms with Crippen LogP contribution in [0.4, 0.5) is 0 Å². The van der Waals surface area contributed by atoms with Gasteiger partial charge in [-0.1, -0.05) is 56.3 Å². The number of fused-ring (bicyclic) bond motifs is 14. The molecule has 4 aromatic rings. The van der Waals surface area contributed by atoms with Crippen molar-refractivity contribution in [2.75, 3.05) is 6.61 Å². The first-order valence-corrected chi connectivity index (χ1v) is 18.7. The lowest BCUT2D eigenvalue weighted by Gasteiger charge is -2.25. The lowest BCUT2D eigenvalue weighted by Crippen LogP contribution is -2.54. The number of nitrogens with zero attached hydrogens (tertiary/aromatic N) is 4. The van der Waals surface area contributed by atoms with E-state index >= 15 is 0 Å². The minimum absolute atomic E-state index is 0.0123. The van der Waals surface area contributed by atoms with Gasteiger partial charge in [0.25, 0.3) is 5.91 Å². The molecule has 1 fully saturated rings. The summed E-state index contributed by atoms with van der Waals surface area (Å²) in [6.07, 6.45) is 4.06. The molecule has 0 spiro atoms. The molecule has 0 saturated heterocycles. The fourth-order valence-corrected chi connectivity index (χ4v) is 6.65. The molecule has 2 aromatic carbocycles. The number of rotatable bonds is 8. The smallest absolute Gasteiger partial charge is 0.289 e. The summed E-state index contributed by atoms with van der Waals surface area (Å²) in [6.45, 7) is 9.19. The molecule has 14 nitrogen and oxygen atoms in total. The largest absolute Gasteiger partial charge is 0.491 e. The molecular weight excluding hydrogens is 688 g/mol. The van der Waals surface area contributed by atoms with Gasteiger partial charge in [0.2, 0.25) is 23.5 Å². The molecule has 3 aliphatic rings. The molecule has 4 N–H and O–H groups in total. The van der Waals surface area contributed by atoms with Crippen molar-refractivity contribution in [3.63, 3.8) is 0 Å². The summed E-state index contributed by atoms with van der Waals surface area (Å²) in [4.78, 5) is 64.0. The van der Waals surface area contributed by atoms with Gasteiger partial charge < -0.3 is 30.4 Å². The van der Waals surface area contributed by atoms with Crippen LogP contribution in [0.3, 0.4) is 0 Å². The Morgan fingerprint density at radius 2 is 1.69 bits per heavy atom. The molecule has 2 aliphatic heterocycles. The molecule has 4 amide bonds. The topological polar surface area (TPSA) is 182 Å². The SMILES string of the molecule is Cc1nc(C)c(C(=O)N[C@H]2Cc3ccc(cc3)OC[C@H](CC(C)C)NC(=O)Cn3nc(CC4CC4)nc3[C@@H](Cc3ccccc3)NC(=O)[C@@H](C)NC2=O)o1. The van der Waals surface area contributed by atoms with Gasteiger partial charge in [-0.3, -0.25) is 19.2 Å². The van der Waals surface area contributed by atoms with Crippen molar-refractivity contribution < 1.29 is 28.3 Å². The summed E-state index contributed by atoms with van der Waals surface area (Å²) in [5.41, 5.74) is 2.09. The van der Waals surface area contributed by atoms with Gasteiger partial charge in [0.15, 0.2) is 17.5 Å². The van der Waals surface area contributed by atoms with E-state index in [1.54, 1.807) is 37.6 Å². The zero-order chi connectivity index (χ0) is 38.4. The lowest BCUT2D eigenvalue weighted by molar-refractivity contribution is -0.130. The number of oxazole rings is 1. The number of carbonyl (C=O) groups is 4. The van der Waals surface area contributed by atoms with Gasteiger partial charge in [-0.2, -0.15) is 5.10 Å². The predicted octanol–water partition coefficient (Wildman–Crippen LogP) is 3.70. The van der Waals surface area contributed by atoms with Gasteiger partial charge in [0, 0.05) is 19.8 Å². The first-order valence-electron chi connectivity index (χ1n) is 18.7. The molecule has 4 heterocycles. The van der Waals surface area contributed by atoms with Crippen LogP contribution in [0.25, 0.3) is 0 Å². The van der Waals surface area contributed by atoms with Crippen molar-refractivity contribution in [2.24, 2.45) is 11.8 Å². The molecule has 4 atom stereocenters. The third-order valence-corrected chi connectivity index (χ3v) is 9.54. The molecule has 7 rings (SSSR count). The summed E-state index contributed by atoms with van der Waals surface area (Å²) < 4.78 is 13.3. The van der Waals surface area contributed by atoms with E-state index < -0.39 is 35.8 Å². The van der Waals surface area contributed by atoms with Crippen molar-refractivity contribution in [2.45, 2.75) is 104 Å². The number of aromatic nitrogens is 4. The Bertz CT molecular complexity index is 1930. The number of aryl methyl sites for hydroxylation is 2. The Morgan fingerprint density at radius 3 is 2.35 bits per heavy atom. The van der Waals surface area contributed by atoms with E-state index in [1.807, 2.05) is 42.5 Å². The van der Waals surface area contributed by atoms with Crippen molar-refractivity contribution in [1.29, 1.82) is 0 Å². The van der Waals surface area contributed by atoms with Crippen molar-refractivity contribution in [1.82, 2.24) is 41.0 Å². The average Bonchev–Trinajstić information content (AvgIpc) is 3.76. The minimum atomic E-state index is -1.06. The van der Waals surface area contributed by atoms with Crippen LogP contribution in [0.2, 0.25) is 0 Å². The molecule has 54 heavy (non-hydrogen) atoms. The van der Waals surface area contributed by atoms with E-state index in [0.29, 0.717) is 54.2 Å². The first kappa shape index (κ1) is 38.2. The van der Waals surface area contributed by atoms with Crippen LogP contribution >= 0.6 is 0 Å². The molecule has 2 aromatic heterocycles. The maximum absolute atomic E-state index is 14.0. The Kier molecular flexibility index (Phi) is 12.1. The Balaban J connectivity index is 1.34. The second-order valence-electron chi connectivity index (χ2n) is 14.9. The normalized spacial score (nSPS) is 21.4. The Morgan fingerprint density at radius 1 is 0.944 bits per heavy atom. The summed E-state index contributed by atoms with van der Waals surface area (Å²) >= 11 is 0. The van der Waals surface area contributed by atoms with Crippen LogP contribution in [-0.4, -0.2) is 68.1 Å². The average molecular weight is 739 g/mol. The molecule has 14 heteroatoms. The third-order valence-electron chi connectivity index (χ3n) is 9.54. The van der Waals surface area contributed by atoms with Crippen LogP contribution in [0, 0.1) is 25.7 Å². The first-order chi connectivity index (χ1) is 25.9. The second kappa shape index (κ2) is 17.1. The minimum Gasteiger partial charge on any atom is -0.491 e. The number of hydrogen-bond donors (Lipinski definition) is 4. The van der Waals surface area contributed by atoms with E-state index in [2.05, 4.69) is 40.1 Å². The molecule has 2 bridgehead atoms. The summed E-state index contributed by atoms with van der Waals surface area (Å²) in [5, 5.41) is 16.6. The van der Waals surface area contributed by atoms with Crippen LogP contribution in [0.1, 0.15) is 91.0 Å². The second-order valence-corrected chi connectivity index (χ2v) is 14.9. The number of hydrogen-bond acceptors (Lipinski definition) is 9.